The van der Waals surface area contributed by atoms with E-state index in [4.69, 9.17) is 20.4 Å². The maximum absolute atomic E-state index is 8.35. The van der Waals surface area contributed by atoms with E-state index >= 15 is 0 Å². The molecule has 1 rings (SSSR count). The molecule has 0 bridgehead atoms. The van der Waals surface area contributed by atoms with Crippen molar-refractivity contribution in [2.45, 2.75) is 6.92 Å². The van der Waals surface area contributed by atoms with Gasteiger partial charge >= 0.3 is 0 Å². The van der Waals surface area contributed by atoms with Crippen LogP contribution in [0.4, 0.5) is 0 Å². The molecule has 0 aliphatic rings. The van der Waals surface area contributed by atoms with E-state index in [1.54, 1.807) is 0 Å². The molecule has 0 atom stereocenters. The van der Waals surface area contributed by atoms with Gasteiger partial charge in [0.05, 0.1) is 0 Å². The molecule has 0 unspecified atom stereocenters. The molecule has 14 heavy (non-hydrogen) atoms. The van der Waals surface area contributed by atoms with Crippen molar-refractivity contribution in [1.29, 1.82) is 10.8 Å². The second kappa shape index (κ2) is 11.5. The van der Waals surface area contributed by atoms with Crippen molar-refractivity contribution in [2.75, 3.05) is 0 Å². The van der Waals surface area contributed by atoms with Gasteiger partial charge in [0, 0.05) is 4.47 Å². The number of nitrogens with one attached hydrogen (secondary N) is 2. The van der Waals surface area contributed by atoms with Crippen molar-refractivity contribution in [3.05, 3.63) is 34.3 Å². The highest BCUT2D eigenvalue weighted by Gasteiger charge is 1.81. The van der Waals surface area contributed by atoms with E-state index in [1.165, 1.54) is 5.56 Å². The zero-order valence-electron chi connectivity index (χ0n) is 7.50. The van der Waals surface area contributed by atoms with Crippen LogP contribution in [0.15, 0.2) is 28.7 Å². The third kappa shape index (κ3) is 13.1. The average molecular weight is 257 g/mol. The number of isocyanates is 2. The summed E-state index contributed by atoms with van der Waals surface area (Å²) in [6.07, 6.45) is 1.50. The second-order valence-corrected chi connectivity index (χ2v) is 2.92. The van der Waals surface area contributed by atoms with E-state index in [0.717, 1.165) is 16.6 Å². The molecule has 0 saturated carbocycles. The quantitative estimate of drug-likeness (QED) is 0.553. The number of benzene rings is 1. The topological polar surface area (TPSA) is 81.8 Å². The van der Waals surface area contributed by atoms with Gasteiger partial charge in [0.1, 0.15) is 0 Å². The van der Waals surface area contributed by atoms with E-state index in [1.807, 2.05) is 12.1 Å². The third-order valence-corrected chi connectivity index (χ3v) is 1.54. The molecule has 0 aliphatic heterocycles. The molecule has 0 aliphatic carbocycles. The summed E-state index contributed by atoms with van der Waals surface area (Å²) in [5.74, 6) is 0. The lowest BCUT2D eigenvalue weighted by Gasteiger charge is -1.88. The number of halogens is 1. The standard InChI is InChI=1S/C7H7Br.2CHNO/c1-6-2-4-7(8)5-3-6;2*2-1-3/h2-5H,1H3;2*2H. The Morgan fingerprint density at radius 1 is 1.07 bits per heavy atom. The molecule has 5 heteroatoms. The fourth-order valence-corrected chi connectivity index (χ4v) is 0.798. The summed E-state index contributed by atoms with van der Waals surface area (Å²) in [5.41, 5.74) is 1.30. The molecular weight excluding hydrogens is 248 g/mol. The normalized spacial score (nSPS) is 6.43. The van der Waals surface area contributed by atoms with Crippen LogP contribution in [-0.4, -0.2) is 12.2 Å². The maximum atomic E-state index is 8.35. The van der Waals surface area contributed by atoms with Gasteiger partial charge in [-0.05, 0) is 19.1 Å². The fourth-order valence-electron chi connectivity index (χ4n) is 0.533. The van der Waals surface area contributed by atoms with Crippen LogP contribution in [0.1, 0.15) is 5.56 Å². The predicted octanol–water partition coefficient (Wildman–Crippen LogP) is 2.56. The summed E-state index contributed by atoms with van der Waals surface area (Å²) >= 11 is 3.35. The van der Waals surface area contributed by atoms with Crippen molar-refractivity contribution < 1.29 is 9.59 Å². The molecule has 0 fully saturated rings. The molecule has 0 radical (unpaired) electrons. The first-order valence-electron chi connectivity index (χ1n) is 3.42. The molecule has 1 aromatic rings. The van der Waals surface area contributed by atoms with Crippen molar-refractivity contribution in [3.8, 4) is 0 Å². The third-order valence-electron chi connectivity index (χ3n) is 1.01. The monoisotopic (exact) mass is 256 g/mol. The van der Waals surface area contributed by atoms with Crippen LogP contribution in [0, 0.1) is 17.7 Å². The van der Waals surface area contributed by atoms with Gasteiger partial charge in [-0.3, -0.25) is 0 Å². The average Bonchev–Trinajstić information content (AvgIpc) is 2.13. The molecule has 0 spiro atoms. The Kier molecular flexibility index (Phi) is 12.2. The van der Waals surface area contributed by atoms with E-state index in [-0.39, 0.29) is 0 Å². The molecule has 4 nitrogen and oxygen atoms in total. The first-order valence-corrected chi connectivity index (χ1v) is 4.21. The van der Waals surface area contributed by atoms with Gasteiger partial charge in [-0.15, -0.1) is 0 Å². The molecule has 1 aromatic carbocycles. The van der Waals surface area contributed by atoms with Gasteiger partial charge in [0.15, 0.2) is 0 Å². The highest BCUT2D eigenvalue weighted by Crippen LogP contribution is 2.08. The molecule has 0 saturated heterocycles. The minimum Gasteiger partial charge on any atom is -0.222 e. The number of carbonyl (C=O) groups excluding carboxylic acids is 2. The highest BCUT2D eigenvalue weighted by atomic mass is 79.9. The van der Waals surface area contributed by atoms with Gasteiger partial charge in [0.2, 0.25) is 12.2 Å². The van der Waals surface area contributed by atoms with Gasteiger partial charge in [-0.25, -0.2) is 20.4 Å². The van der Waals surface area contributed by atoms with Crippen molar-refractivity contribution in [2.24, 2.45) is 0 Å². The summed E-state index contributed by atoms with van der Waals surface area (Å²) in [6.45, 7) is 2.08. The summed E-state index contributed by atoms with van der Waals surface area (Å²) in [5, 5.41) is 10.8. The minimum absolute atomic E-state index is 0.750. The van der Waals surface area contributed by atoms with Crippen LogP contribution in [0.5, 0.6) is 0 Å². The summed E-state index contributed by atoms with van der Waals surface area (Å²) in [7, 11) is 0. The van der Waals surface area contributed by atoms with Gasteiger partial charge in [-0.1, -0.05) is 33.6 Å². The molecular formula is C9H9BrN2O2. The first-order chi connectivity index (χ1) is 6.62. The van der Waals surface area contributed by atoms with Gasteiger partial charge in [0.25, 0.3) is 0 Å². The van der Waals surface area contributed by atoms with Crippen molar-refractivity contribution in [3.63, 3.8) is 0 Å². The zero-order chi connectivity index (χ0) is 11.4. The Balaban J connectivity index is 0. The van der Waals surface area contributed by atoms with Gasteiger partial charge < -0.3 is 0 Å². The van der Waals surface area contributed by atoms with Crippen molar-refractivity contribution >= 4 is 28.1 Å². The van der Waals surface area contributed by atoms with Crippen LogP contribution in [-0.2, 0) is 9.59 Å². The Bertz CT molecular complexity index is 277. The second-order valence-electron chi connectivity index (χ2n) is 2.00. The SMILES string of the molecule is Cc1ccc(Br)cc1.N=C=O.N=C=O. The lowest BCUT2D eigenvalue weighted by molar-refractivity contribution is 0.562. The molecule has 0 aromatic heterocycles. The number of rotatable bonds is 0. The summed E-state index contributed by atoms with van der Waals surface area (Å²) in [4.78, 5) is 16.7. The van der Waals surface area contributed by atoms with Crippen LogP contribution in [0.3, 0.4) is 0 Å². The molecule has 2 N–H and O–H groups in total. The van der Waals surface area contributed by atoms with Crippen LogP contribution in [0.2, 0.25) is 0 Å². The van der Waals surface area contributed by atoms with E-state index in [0.29, 0.717) is 0 Å². The largest absolute Gasteiger partial charge is 0.231 e. The Hall–Kier alpha value is -1.54. The first kappa shape index (κ1) is 15.0. The number of hydrogen-bond donors (Lipinski definition) is 2. The smallest absolute Gasteiger partial charge is 0.222 e. The number of hydrogen-bond acceptors (Lipinski definition) is 4. The highest BCUT2D eigenvalue weighted by molar-refractivity contribution is 9.10. The van der Waals surface area contributed by atoms with Crippen LogP contribution in [0.25, 0.3) is 0 Å². The summed E-state index contributed by atoms with van der Waals surface area (Å²) < 4.78 is 1.14. The maximum Gasteiger partial charge on any atom is 0.231 e. The lowest BCUT2D eigenvalue weighted by atomic mass is 10.2. The van der Waals surface area contributed by atoms with Gasteiger partial charge in [-0.2, -0.15) is 0 Å². The predicted molar refractivity (Wildman–Crippen MR) is 55.7 cm³/mol. The zero-order valence-corrected chi connectivity index (χ0v) is 9.09. The van der Waals surface area contributed by atoms with Crippen LogP contribution < -0.4 is 0 Å². The fraction of sp³-hybridized carbons (Fsp3) is 0.111. The van der Waals surface area contributed by atoms with Crippen molar-refractivity contribution in [1.82, 2.24) is 0 Å². The molecule has 0 heterocycles. The molecule has 74 valence electrons. The van der Waals surface area contributed by atoms with E-state index in [9.17, 15) is 0 Å². The molecule has 0 amide bonds. The Morgan fingerprint density at radius 2 is 1.36 bits per heavy atom. The summed E-state index contributed by atoms with van der Waals surface area (Å²) in [6, 6.07) is 8.22. The van der Waals surface area contributed by atoms with E-state index in [2.05, 4.69) is 35.0 Å². The lowest BCUT2D eigenvalue weighted by Crippen LogP contribution is -1.66. The van der Waals surface area contributed by atoms with E-state index < -0.39 is 0 Å². The van der Waals surface area contributed by atoms with Crippen LogP contribution >= 0.6 is 15.9 Å². The Labute approximate surface area is 90.1 Å². The minimum atomic E-state index is 0.750. The Morgan fingerprint density at radius 3 is 1.57 bits per heavy atom. The number of aryl methyl sites for hydroxylation is 1.